The van der Waals surface area contributed by atoms with Crippen LogP contribution in [0.25, 0.3) is 0 Å². The molecule has 1 aromatic carbocycles. The summed E-state index contributed by atoms with van der Waals surface area (Å²) >= 11 is 0. The number of morpholine rings is 1. The first-order valence-electron chi connectivity index (χ1n) is 10.3. The molecule has 0 radical (unpaired) electrons. The predicted molar refractivity (Wildman–Crippen MR) is 114 cm³/mol. The summed E-state index contributed by atoms with van der Waals surface area (Å²) in [7, 11) is 0. The number of anilines is 3. The van der Waals surface area contributed by atoms with E-state index in [0.717, 1.165) is 58.2 Å². The molecular formula is C21H28N6O2. The predicted octanol–water partition coefficient (Wildman–Crippen LogP) is 2.07. The molecule has 2 aromatic rings. The van der Waals surface area contributed by atoms with Crippen LogP contribution in [-0.2, 0) is 4.74 Å². The zero-order chi connectivity index (χ0) is 19.9. The molecule has 0 spiro atoms. The lowest BCUT2D eigenvalue weighted by atomic mass is 10.2. The summed E-state index contributed by atoms with van der Waals surface area (Å²) in [4.78, 5) is 17.1. The van der Waals surface area contributed by atoms with Gasteiger partial charge in [-0.2, -0.15) is 0 Å². The molecule has 1 aromatic heterocycles. The van der Waals surface area contributed by atoms with Crippen molar-refractivity contribution in [3.8, 4) is 0 Å². The van der Waals surface area contributed by atoms with Crippen molar-refractivity contribution in [2.45, 2.75) is 12.8 Å². The first-order chi connectivity index (χ1) is 14.3. The zero-order valence-electron chi connectivity index (χ0n) is 16.6. The Balaban J connectivity index is 1.25. The van der Waals surface area contributed by atoms with Gasteiger partial charge in [0.2, 0.25) is 0 Å². The lowest BCUT2D eigenvalue weighted by Gasteiger charge is -2.26. The summed E-state index contributed by atoms with van der Waals surface area (Å²) < 4.78 is 5.35. The van der Waals surface area contributed by atoms with E-state index < -0.39 is 0 Å². The van der Waals surface area contributed by atoms with Gasteiger partial charge in [-0.05, 0) is 49.2 Å². The summed E-state index contributed by atoms with van der Waals surface area (Å²) in [5.41, 5.74) is 2.26. The highest BCUT2D eigenvalue weighted by molar-refractivity contribution is 6.02. The fourth-order valence-corrected chi connectivity index (χ4v) is 3.64. The van der Waals surface area contributed by atoms with Gasteiger partial charge >= 0.3 is 0 Å². The van der Waals surface area contributed by atoms with E-state index in [1.807, 2.05) is 24.3 Å². The highest BCUT2D eigenvalue weighted by Crippen LogP contribution is 2.22. The van der Waals surface area contributed by atoms with Crippen LogP contribution in [0.4, 0.5) is 17.2 Å². The lowest BCUT2D eigenvalue weighted by molar-refractivity contribution is 0.0398. The van der Waals surface area contributed by atoms with Crippen molar-refractivity contribution >= 4 is 23.1 Å². The number of carbonyl (C=O) groups excluding carboxylic acids is 1. The third kappa shape index (κ3) is 5.42. The summed E-state index contributed by atoms with van der Waals surface area (Å²) in [5, 5.41) is 14.3. The van der Waals surface area contributed by atoms with Crippen molar-refractivity contribution in [3.63, 3.8) is 0 Å². The van der Waals surface area contributed by atoms with E-state index in [-0.39, 0.29) is 5.91 Å². The monoisotopic (exact) mass is 396 g/mol. The molecule has 2 saturated heterocycles. The zero-order valence-corrected chi connectivity index (χ0v) is 16.6. The summed E-state index contributed by atoms with van der Waals surface area (Å²) in [6.45, 7) is 7.44. The Morgan fingerprint density at radius 1 is 0.966 bits per heavy atom. The quantitative estimate of drug-likeness (QED) is 0.741. The second-order valence-corrected chi connectivity index (χ2v) is 7.38. The van der Waals surface area contributed by atoms with Crippen LogP contribution in [0.3, 0.4) is 0 Å². The number of hydrogen-bond acceptors (Lipinski definition) is 7. The number of aromatic nitrogens is 2. The van der Waals surface area contributed by atoms with Gasteiger partial charge in [-0.15, -0.1) is 10.2 Å². The number of ether oxygens (including phenoxy) is 1. The van der Waals surface area contributed by atoms with Gasteiger partial charge in [0.1, 0.15) is 5.82 Å². The molecule has 2 aliphatic heterocycles. The van der Waals surface area contributed by atoms with Crippen LogP contribution in [0.2, 0.25) is 0 Å². The van der Waals surface area contributed by atoms with E-state index in [0.29, 0.717) is 11.5 Å². The van der Waals surface area contributed by atoms with Crippen molar-refractivity contribution < 1.29 is 9.53 Å². The van der Waals surface area contributed by atoms with Crippen molar-refractivity contribution in [2.75, 3.05) is 68.0 Å². The molecule has 154 valence electrons. The van der Waals surface area contributed by atoms with Gasteiger partial charge in [-0.3, -0.25) is 9.69 Å². The molecule has 0 atom stereocenters. The van der Waals surface area contributed by atoms with Gasteiger partial charge in [-0.1, -0.05) is 0 Å². The highest BCUT2D eigenvalue weighted by Gasteiger charge is 2.13. The van der Waals surface area contributed by atoms with Gasteiger partial charge in [0.05, 0.1) is 13.2 Å². The molecule has 1 amide bonds. The van der Waals surface area contributed by atoms with E-state index in [1.165, 1.54) is 18.5 Å². The number of hydrogen-bond donors (Lipinski definition) is 2. The molecule has 0 unspecified atom stereocenters. The van der Waals surface area contributed by atoms with E-state index in [9.17, 15) is 4.79 Å². The maximum Gasteiger partial charge on any atom is 0.276 e. The molecule has 2 aliphatic rings. The number of nitrogens with zero attached hydrogens (tertiary/aromatic N) is 4. The molecule has 0 aliphatic carbocycles. The summed E-state index contributed by atoms with van der Waals surface area (Å²) in [5.74, 6) is 0.413. The first-order valence-corrected chi connectivity index (χ1v) is 10.3. The van der Waals surface area contributed by atoms with Gasteiger partial charge in [0, 0.05) is 50.6 Å². The SMILES string of the molecule is O=C(Nc1ccc(N2CCCC2)cc1)c1ccc(NCCN2CCOCC2)nn1. The molecule has 2 fully saturated rings. The maximum absolute atomic E-state index is 12.4. The van der Waals surface area contributed by atoms with Gasteiger partial charge in [0.15, 0.2) is 5.69 Å². The van der Waals surface area contributed by atoms with Crippen molar-refractivity contribution in [1.29, 1.82) is 0 Å². The van der Waals surface area contributed by atoms with Gasteiger partial charge < -0.3 is 20.3 Å². The Bertz CT molecular complexity index is 784. The maximum atomic E-state index is 12.4. The molecule has 0 saturated carbocycles. The fraction of sp³-hybridized carbons (Fsp3) is 0.476. The van der Waals surface area contributed by atoms with E-state index >= 15 is 0 Å². The lowest BCUT2D eigenvalue weighted by Crippen LogP contribution is -2.39. The molecule has 4 rings (SSSR count). The molecule has 8 nitrogen and oxygen atoms in total. The second kappa shape index (κ2) is 9.67. The first kappa shape index (κ1) is 19.6. The smallest absolute Gasteiger partial charge is 0.276 e. The molecule has 8 heteroatoms. The Hall–Kier alpha value is -2.71. The topological polar surface area (TPSA) is 82.6 Å². The largest absolute Gasteiger partial charge is 0.379 e. The van der Waals surface area contributed by atoms with Gasteiger partial charge in [0.25, 0.3) is 5.91 Å². The van der Waals surface area contributed by atoms with Crippen LogP contribution in [-0.4, -0.2) is 73.5 Å². The fourth-order valence-electron chi connectivity index (χ4n) is 3.64. The minimum atomic E-state index is -0.258. The van der Waals surface area contributed by atoms with Crippen LogP contribution in [0.5, 0.6) is 0 Å². The van der Waals surface area contributed by atoms with Crippen LogP contribution in [0, 0.1) is 0 Å². The van der Waals surface area contributed by atoms with Crippen LogP contribution in [0.15, 0.2) is 36.4 Å². The Morgan fingerprint density at radius 3 is 2.41 bits per heavy atom. The highest BCUT2D eigenvalue weighted by atomic mass is 16.5. The minimum absolute atomic E-state index is 0.258. The van der Waals surface area contributed by atoms with Crippen molar-refractivity contribution in [2.24, 2.45) is 0 Å². The third-order valence-corrected chi connectivity index (χ3v) is 5.33. The van der Waals surface area contributed by atoms with Crippen molar-refractivity contribution in [1.82, 2.24) is 15.1 Å². The summed E-state index contributed by atoms with van der Waals surface area (Å²) in [6, 6.07) is 11.4. The standard InChI is InChI=1S/C21H28N6O2/c28-21(23-17-3-5-18(6-4-17)27-10-1-2-11-27)19-7-8-20(25-24-19)22-9-12-26-13-15-29-16-14-26/h3-8H,1-2,9-16H2,(H,22,25)(H,23,28). The van der Waals surface area contributed by atoms with Crippen LogP contribution < -0.4 is 15.5 Å². The summed E-state index contributed by atoms with van der Waals surface area (Å²) in [6.07, 6.45) is 2.49. The van der Waals surface area contributed by atoms with E-state index in [2.05, 4.69) is 30.6 Å². The van der Waals surface area contributed by atoms with E-state index in [4.69, 9.17) is 4.74 Å². The molecule has 29 heavy (non-hydrogen) atoms. The Morgan fingerprint density at radius 2 is 1.72 bits per heavy atom. The number of rotatable bonds is 7. The normalized spacial score (nSPS) is 17.3. The van der Waals surface area contributed by atoms with Gasteiger partial charge in [-0.25, -0.2) is 0 Å². The average Bonchev–Trinajstić information content (AvgIpc) is 3.30. The number of amides is 1. The Kier molecular flexibility index (Phi) is 6.53. The molecule has 3 heterocycles. The average molecular weight is 396 g/mol. The number of nitrogens with one attached hydrogen (secondary N) is 2. The Labute approximate surface area is 171 Å². The minimum Gasteiger partial charge on any atom is -0.379 e. The molecule has 2 N–H and O–H groups in total. The van der Waals surface area contributed by atoms with Crippen LogP contribution in [0.1, 0.15) is 23.3 Å². The third-order valence-electron chi connectivity index (χ3n) is 5.33. The van der Waals surface area contributed by atoms with E-state index in [1.54, 1.807) is 12.1 Å². The van der Waals surface area contributed by atoms with Crippen molar-refractivity contribution in [3.05, 3.63) is 42.1 Å². The van der Waals surface area contributed by atoms with Crippen LogP contribution >= 0.6 is 0 Å². The number of carbonyl (C=O) groups is 1. The number of benzene rings is 1. The molecule has 0 bridgehead atoms. The molecular weight excluding hydrogens is 368 g/mol. The second-order valence-electron chi connectivity index (χ2n) is 7.38.